The van der Waals surface area contributed by atoms with Crippen LogP contribution in [0.5, 0.6) is 0 Å². The van der Waals surface area contributed by atoms with Crippen molar-refractivity contribution >= 4 is 0 Å². The molecule has 0 unspecified atom stereocenters. The second-order valence-corrected chi connectivity index (χ2v) is 8.09. The Balaban J connectivity index is 0.00000208. The van der Waals surface area contributed by atoms with Gasteiger partial charge in [-0.1, -0.05) is 47.6 Å². The van der Waals surface area contributed by atoms with Crippen LogP contribution in [-0.4, -0.2) is 4.98 Å². The van der Waals surface area contributed by atoms with Crippen LogP contribution in [-0.2, 0) is 30.9 Å². The average molecular weight is 496 g/mol. The van der Waals surface area contributed by atoms with Crippen molar-refractivity contribution in [3.63, 3.8) is 0 Å². The summed E-state index contributed by atoms with van der Waals surface area (Å²) in [6.45, 7) is 14.0. The van der Waals surface area contributed by atoms with E-state index in [9.17, 15) is 0 Å². The molecule has 0 saturated carbocycles. The van der Waals surface area contributed by atoms with Gasteiger partial charge in [0.05, 0.1) is 5.56 Å². The molecule has 0 N–H and O–H groups in total. The van der Waals surface area contributed by atoms with Gasteiger partial charge >= 0.3 is 0 Å². The van der Waals surface area contributed by atoms with Gasteiger partial charge in [-0.05, 0) is 28.0 Å². The number of aromatic nitrogens is 1. The normalized spacial score (nSPS) is 19.0. The molecule has 2 nitrogen and oxygen atoms in total. The van der Waals surface area contributed by atoms with Crippen molar-refractivity contribution in [1.82, 2.24) is 4.98 Å². The van der Waals surface area contributed by atoms with Gasteiger partial charge in [-0.2, -0.15) is 5.26 Å². The molecule has 3 heteroatoms. The first kappa shape index (κ1) is 18.8. The van der Waals surface area contributed by atoms with Crippen LogP contribution in [0, 0.1) is 22.8 Å². The number of rotatable bonds is 1. The van der Waals surface area contributed by atoms with Gasteiger partial charge in [0.25, 0.3) is 0 Å². The van der Waals surface area contributed by atoms with Gasteiger partial charge in [-0.3, -0.25) is 0 Å². The Morgan fingerprint density at radius 1 is 1.00 bits per heavy atom. The minimum atomic E-state index is 0. The molecule has 1 aliphatic rings. The summed E-state index contributed by atoms with van der Waals surface area (Å²) in [5, 5.41) is 8.91. The number of hydrogen-bond acceptors (Lipinski definition) is 2. The standard InChI is InChI=1S/C21H23N2.Ir/c1-19(2)16-9-8-15(18-10-7-14(12-22)13-23-18)11-17(16)20(3,4)21(19,5)6;/h7,9-11,13H,1-6H3;/q-1;. The van der Waals surface area contributed by atoms with E-state index in [4.69, 9.17) is 5.26 Å². The third-order valence-electron chi connectivity index (χ3n) is 6.59. The summed E-state index contributed by atoms with van der Waals surface area (Å²) in [5.74, 6) is 0. The van der Waals surface area contributed by atoms with Gasteiger partial charge in [0.15, 0.2) is 0 Å². The molecule has 24 heavy (non-hydrogen) atoms. The van der Waals surface area contributed by atoms with Crippen LogP contribution in [0.15, 0.2) is 30.5 Å². The molecule has 0 bridgehead atoms. The summed E-state index contributed by atoms with van der Waals surface area (Å²) >= 11 is 0. The zero-order valence-corrected chi connectivity index (χ0v) is 17.5. The molecule has 0 spiro atoms. The molecule has 0 atom stereocenters. The molecule has 0 aliphatic heterocycles. The van der Waals surface area contributed by atoms with Crippen LogP contribution >= 0.6 is 0 Å². The molecule has 3 rings (SSSR count). The Labute approximate surface area is 158 Å². The predicted molar refractivity (Wildman–Crippen MR) is 93.1 cm³/mol. The Kier molecular flexibility index (Phi) is 4.55. The Hall–Kier alpha value is -1.49. The second-order valence-electron chi connectivity index (χ2n) is 8.09. The summed E-state index contributed by atoms with van der Waals surface area (Å²) < 4.78 is 0. The number of hydrogen-bond donors (Lipinski definition) is 0. The van der Waals surface area contributed by atoms with E-state index in [2.05, 4.69) is 70.8 Å². The maximum Gasteiger partial charge on any atom is 0.101 e. The first-order valence-corrected chi connectivity index (χ1v) is 8.06. The van der Waals surface area contributed by atoms with Crippen molar-refractivity contribution in [2.75, 3.05) is 0 Å². The molecular weight excluding hydrogens is 472 g/mol. The van der Waals surface area contributed by atoms with Crippen molar-refractivity contribution in [3.8, 4) is 17.3 Å². The number of fused-ring (bicyclic) bond motifs is 1. The average Bonchev–Trinajstić information content (AvgIpc) is 2.63. The van der Waals surface area contributed by atoms with E-state index in [0.29, 0.717) is 5.56 Å². The second kappa shape index (κ2) is 5.80. The molecule has 1 heterocycles. The van der Waals surface area contributed by atoms with Crippen molar-refractivity contribution < 1.29 is 20.1 Å². The summed E-state index contributed by atoms with van der Waals surface area (Å²) in [5.41, 5.74) is 5.52. The number of pyridine rings is 1. The molecule has 1 aromatic carbocycles. The van der Waals surface area contributed by atoms with Gasteiger partial charge < -0.3 is 4.98 Å². The summed E-state index contributed by atoms with van der Waals surface area (Å²) in [7, 11) is 0. The van der Waals surface area contributed by atoms with E-state index >= 15 is 0 Å². The molecular formula is C21H23IrN2-. The van der Waals surface area contributed by atoms with E-state index in [1.807, 2.05) is 12.1 Å². The van der Waals surface area contributed by atoms with Crippen LogP contribution < -0.4 is 0 Å². The minimum Gasteiger partial charge on any atom is -0.303 e. The van der Waals surface area contributed by atoms with Crippen LogP contribution in [0.1, 0.15) is 58.2 Å². The minimum absolute atomic E-state index is 0. The fraction of sp³-hybridized carbons (Fsp3) is 0.429. The fourth-order valence-corrected chi connectivity index (χ4v) is 3.75. The third-order valence-corrected chi connectivity index (χ3v) is 6.59. The largest absolute Gasteiger partial charge is 0.303 e. The summed E-state index contributed by atoms with van der Waals surface area (Å²) in [4.78, 5) is 4.41. The Bertz CT molecular complexity index is 809. The van der Waals surface area contributed by atoms with Gasteiger partial charge in [-0.15, -0.1) is 34.9 Å². The molecule has 2 aromatic rings. The molecule has 0 fully saturated rings. The quantitative estimate of drug-likeness (QED) is 0.522. The van der Waals surface area contributed by atoms with E-state index in [1.54, 1.807) is 6.20 Å². The molecule has 1 aromatic heterocycles. The molecule has 1 aliphatic carbocycles. The molecule has 127 valence electrons. The number of nitriles is 1. The monoisotopic (exact) mass is 496 g/mol. The number of nitrogens with zero attached hydrogens (tertiary/aromatic N) is 2. The summed E-state index contributed by atoms with van der Waals surface area (Å²) in [6.07, 6.45) is 1.62. The molecule has 0 amide bonds. The predicted octanol–water partition coefficient (Wildman–Crippen LogP) is 5.01. The van der Waals surface area contributed by atoms with Crippen molar-refractivity contribution in [2.45, 2.75) is 52.4 Å². The number of benzene rings is 1. The zero-order chi connectivity index (χ0) is 17.0. The van der Waals surface area contributed by atoms with Crippen molar-refractivity contribution in [1.29, 1.82) is 5.26 Å². The Morgan fingerprint density at radius 3 is 2.17 bits per heavy atom. The van der Waals surface area contributed by atoms with E-state index in [-0.39, 0.29) is 36.4 Å². The van der Waals surface area contributed by atoms with Crippen LogP contribution in [0.3, 0.4) is 0 Å². The van der Waals surface area contributed by atoms with Crippen molar-refractivity contribution in [3.05, 3.63) is 53.2 Å². The van der Waals surface area contributed by atoms with Crippen LogP contribution in [0.25, 0.3) is 11.3 Å². The zero-order valence-electron chi connectivity index (χ0n) is 15.1. The van der Waals surface area contributed by atoms with Crippen LogP contribution in [0.4, 0.5) is 0 Å². The smallest absolute Gasteiger partial charge is 0.101 e. The topological polar surface area (TPSA) is 36.7 Å². The summed E-state index contributed by atoms with van der Waals surface area (Å²) in [6, 6.07) is 13.6. The van der Waals surface area contributed by atoms with E-state index in [1.165, 1.54) is 11.1 Å². The maximum absolute atomic E-state index is 8.91. The fourth-order valence-electron chi connectivity index (χ4n) is 3.75. The van der Waals surface area contributed by atoms with Gasteiger partial charge in [0.2, 0.25) is 0 Å². The van der Waals surface area contributed by atoms with Gasteiger partial charge in [0.1, 0.15) is 6.07 Å². The van der Waals surface area contributed by atoms with E-state index < -0.39 is 0 Å². The van der Waals surface area contributed by atoms with Gasteiger partial charge in [0, 0.05) is 26.3 Å². The first-order valence-electron chi connectivity index (χ1n) is 8.06. The van der Waals surface area contributed by atoms with E-state index in [0.717, 1.165) is 11.3 Å². The SMILES string of the molecule is CC1(C)c2c[c-]c(-c3ccc(C#N)cn3)cc2C(C)(C)C1(C)C.[Ir]. The molecule has 0 saturated heterocycles. The van der Waals surface area contributed by atoms with Crippen molar-refractivity contribution in [2.24, 2.45) is 5.41 Å². The Morgan fingerprint density at radius 2 is 1.62 bits per heavy atom. The first-order chi connectivity index (χ1) is 10.6. The molecule has 1 radical (unpaired) electrons. The third kappa shape index (κ3) is 2.36. The van der Waals surface area contributed by atoms with Gasteiger partial charge in [-0.25, -0.2) is 0 Å². The maximum atomic E-state index is 8.91. The van der Waals surface area contributed by atoms with Crippen LogP contribution in [0.2, 0.25) is 0 Å².